The summed E-state index contributed by atoms with van der Waals surface area (Å²) < 4.78 is 13.6. The molecule has 112 valence electrons. The van der Waals surface area contributed by atoms with Crippen molar-refractivity contribution in [2.45, 2.75) is 12.1 Å². The maximum absolute atomic E-state index is 13.6. The Balaban J connectivity index is 1.86. The van der Waals surface area contributed by atoms with Gasteiger partial charge in [-0.1, -0.05) is 11.6 Å². The molecule has 4 N–H and O–H groups in total. The molecule has 1 saturated heterocycles. The van der Waals surface area contributed by atoms with Crippen LogP contribution in [0.25, 0.3) is 0 Å². The maximum Gasteiger partial charge on any atom is 0.248 e. The van der Waals surface area contributed by atoms with E-state index in [0.29, 0.717) is 21.9 Å². The fraction of sp³-hybridized carbons (Fsp3) is 0.133. The predicted molar refractivity (Wildman–Crippen MR) is 79.5 cm³/mol. The average molecular weight is 319 g/mol. The molecule has 3 aliphatic heterocycles. The van der Waals surface area contributed by atoms with E-state index in [9.17, 15) is 9.18 Å². The fourth-order valence-electron chi connectivity index (χ4n) is 3.11. The molecule has 0 radical (unpaired) electrons. The van der Waals surface area contributed by atoms with Crippen LogP contribution in [0, 0.1) is 5.82 Å². The van der Waals surface area contributed by atoms with Crippen LogP contribution in [-0.2, 0) is 4.79 Å². The van der Waals surface area contributed by atoms with Crippen molar-refractivity contribution < 1.29 is 9.18 Å². The van der Waals surface area contributed by atoms with Crippen molar-refractivity contribution in [3.63, 3.8) is 0 Å². The summed E-state index contributed by atoms with van der Waals surface area (Å²) in [5.41, 5.74) is 7.81. The first-order chi connectivity index (χ1) is 10.6. The van der Waals surface area contributed by atoms with Crippen LogP contribution < -0.4 is 16.4 Å². The van der Waals surface area contributed by atoms with E-state index in [0.717, 1.165) is 5.82 Å². The number of carbonyl (C=O) groups excluding carboxylic acids is 1. The summed E-state index contributed by atoms with van der Waals surface area (Å²) >= 11 is 6.18. The normalized spacial score (nSPS) is 25.6. The molecule has 1 aromatic rings. The summed E-state index contributed by atoms with van der Waals surface area (Å²) in [5.74, 6) is 0.140. The Bertz CT molecular complexity index is 786. The number of allylic oxidation sites excluding steroid dienone is 1. The number of fused-ring (bicyclic) bond motifs is 3. The average Bonchev–Trinajstić information content (AvgIpc) is 3.06. The molecule has 4 rings (SSSR count). The maximum atomic E-state index is 13.6. The molecule has 5 nitrogen and oxygen atoms in total. The van der Waals surface area contributed by atoms with Crippen LogP contribution in [0.1, 0.15) is 11.6 Å². The van der Waals surface area contributed by atoms with E-state index in [2.05, 4.69) is 10.6 Å². The van der Waals surface area contributed by atoms with Gasteiger partial charge in [-0.2, -0.15) is 0 Å². The summed E-state index contributed by atoms with van der Waals surface area (Å²) in [6, 6.07) is 3.00. The molecule has 3 aliphatic rings. The van der Waals surface area contributed by atoms with Crippen LogP contribution in [0.2, 0.25) is 5.02 Å². The highest BCUT2D eigenvalue weighted by Gasteiger charge is 2.46. The minimum Gasteiger partial charge on any atom is -0.399 e. The molecule has 1 aromatic carbocycles. The highest BCUT2D eigenvalue weighted by Crippen LogP contribution is 2.41. The van der Waals surface area contributed by atoms with Gasteiger partial charge in [-0.05, 0) is 18.2 Å². The van der Waals surface area contributed by atoms with Crippen molar-refractivity contribution >= 4 is 17.5 Å². The molecule has 2 atom stereocenters. The lowest BCUT2D eigenvalue weighted by molar-refractivity contribution is -0.122. The number of nitrogens with two attached hydrogens (primary N) is 1. The molecule has 1 fully saturated rings. The Kier molecular flexibility index (Phi) is 2.71. The standard InChI is InChI=1S/C15H12ClFN4O/c16-9-2-1-7(17)5-8(9)13-12-10(18)6-11-19-3-4-21(11)14(12)15(22)20-13/h1-6,13-14,19H,18H2,(H,20,22). The first kappa shape index (κ1) is 13.2. The number of halogens is 2. The molecule has 0 bridgehead atoms. The monoisotopic (exact) mass is 318 g/mol. The number of amides is 1. The lowest BCUT2D eigenvalue weighted by atomic mass is 9.93. The van der Waals surface area contributed by atoms with Crippen molar-refractivity contribution in [3.05, 3.63) is 70.2 Å². The van der Waals surface area contributed by atoms with E-state index in [1.54, 1.807) is 23.4 Å². The van der Waals surface area contributed by atoms with E-state index in [1.807, 2.05) is 0 Å². The summed E-state index contributed by atoms with van der Waals surface area (Å²) in [7, 11) is 0. The first-order valence-electron chi connectivity index (χ1n) is 6.74. The highest BCUT2D eigenvalue weighted by molar-refractivity contribution is 6.31. The van der Waals surface area contributed by atoms with Gasteiger partial charge in [-0.15, -0.1) is 0 Å². The third-order valence-electron chi connectivity index (χ3n) is 4.06. The SMILES string of the molecule is NC1=C2C(c3cc(F)ccc3Cl)NC(=O)C2N2C=CNC2=C1. The van der Waals surface area contributed by atoms with E-state index >= 15 is 0 Å². The molecular weight excluding hydrogens is 307 g/mol. The van der Waals surface area contributed by atoms with Gasteiger partial charge in [0.2, 0.25) is 5.91 Å². The van der Waals surface area contributed by atoms with Crippen LogP contribution in [0.4, 0.5) is 4.39 Å². The highest BCUT2D eigenvalue weighted by atomic mass is 35.5. The Hall–Kier alpha value is -2.47. The van der Waals surface area contributed by atoms with E-state index in [-0.39, 0.29) is 5.91 Å². The summed E-state index contributed by atoms with van der Waals surface area (Å²) in [6.07, 6.45) is 5.27. The Morgan fingerprint density at radius 2 is 2.18 bits per heavy atom. The summed E-state index contributed by atoms with van der Waals surface area (Å²) in [4.78, 5) is 14.2. The molecule has 22 heavy (non-hydrogen) atoms. The first-order valence-corrected chi connectivity index (χ1v) is 7.12. The fourth-order valence-corrected chi connectivity index (χ4v) is 3.34. The van der Waals surface area contributed by atoms with Crippen LogP contribution >= 0.6 is 11.6 Å². The van der Waals surface area contributed by atoms with E-state index < -0.39 is 17.9 Å². The molecule has 3 heterocycles. The molecule has 0 spiro atoms. The minimum absolute atomic E-state index is 0.192. The van der Waals surface area contributed by atoms with Gasteiger partial charge in [0.05, 0.1) is 6.04 Å². The number of nitrogens with zero attached hydrogens (tertiary/aromatic N) is 1. The summed E-state index contributed by atoms with van der Waals surface area (Å²) in [6.45, 7) is 0. The van der Waals surface area contributed by atoms with Gasteiger partial charge in [-0.3, -0.25) is 4.79 Å². The van der Waals surface area contributed by atoms with Crippen LogP contribution in [0.5, 0.6) is 0 Å². The second-order valence-corrected chi connectivity index (χ2v) is 5.72. The van der Waals surface area contributed by atoms with Gasteiger partial charge in [0.1, 0.15) is 17.7 Å². The topological polar surface area (TPSA) is 70.4 Å². The third-order valence-corrected chi connectivity index (χ3v) is 4.40. The number of benzene rings is 1. The summed E-state index contributed by atoms with van der Waals surface area (Å²) in [5, 5.41) is 6.27. The number of rotatable bonds is 1. The number of hydrogen-bond acceptors (Lipinski definition) is 4. The minimum atomic E-state index is -0.546. The van der Waals surface area contributed by atoms with Gasteiger partial charge in [-0.25, -0.2) is 4.39 Å². The largest absolute Gasteiger partial charge is 0.399 e. The third kappa shape index (κ3) is 1.74. The quantitative estimate of drug-likeness (QED) is 0.733. The smallest absolute Gasteiger partial charge is 0.248 e. The van der Waals surface area contributed by atoms with Crippen LogP contribution in [0.3, 0.4) is 0 Å². The van der Waals surface area contributed by atoms with Gasteiger partial charge < -0.3 is 21.3 Å². The predicted octanol–water partition coefficient (Wildman–Crippen LogP) is 1.46. The lowest BCUT2D eigenvalue weighted by Gasteiger charge is -2.30. The second-order valence-electron chi connectivity index (χ2n) is 5.32. The zero-order chi connectivity index (χ0) is 15.4. The molecule has 0 aromatic heterocycles. The molecule has 7 heteroatoms. The van der Waals surface area contributed by atoms with Crippen molar-refractivity contribution in [2.75, 3.05) is 0 Å². The van der Waals surface area contributed by atoms with Gasteiger partial charge in [0.15, 0.2) is 0 Å². The van der Waals surface area contributed by atoms with Gasteiger partial charge >= 0.3 is 0 Å². The Morgan fingerprint density at radius 3 is 3.00 bits per heavy atom. The van der Waals surface area contributed by atoms with Crippen LogP contribution in [0.15, 0.2) is 53.8 Å². The van der Waals surface area contributed by atoms with Gasteiger partial charge in [0.25, 0.3) is 0 Å². The van der Waals surface area contributed by atoms with Gasteiger partial charge in [0, 0.05) is 40.3 Å². The zero-order valence-corrected chi connectivity index (χ0v) is 12.1. The van der Waals surface area contributed by atoms with E-state index in [4.69, 9.17) is 17.3 Å². The van der Waals surface area contributed by atoms with Crippen molar-refractivity contribution in [1.29, 1.82) is 0 Å². The van der Waals surface area contributed by atoms with Crippen LogP contribution in [-0.4, -0.2) is 16.8 Å². The Labute approximate surface area is 130 Å². The number of nitrogens with one attached hydrogen (secondary N) is 2. The Morgan fingerprint density at radius 1 is 1.36 bits per heavy atom. The molecule has 2 unspecified atom stereocenters. The van der Waals surface area contributed by atoms with Crippen molar-refractivity contribution in [1.82, 2.24) is 15.5 Å². The lowest BCUT2D eigenvalue weighted by Crippen LogP contribution is -2.40. The molecule has 0 aliphatic carbocycles. The number of carbonyl (C=O) groups is 1. The van der Waals surface area contributed by atoms with E-state index in [1.165, 1.54) is 18.2 Å². The number of hydrogen-bond donors (Lipinski definition) is 3. The molecular formula is C15H12ClFN4O. The second kappa shape index (κ2) is 4.51. The zero-order valence-electron chi connectivity index (χ0n) is 11.3. The molecule has 1 amide bonds. The van der Waals surface area contributed by atoms with Crippen molar-refractivity contribution in [2.24, 2.45) is 5.73 Å². The van der Waals surface area contributed by atoms with Crippen molar-refractivity contribution in [3.8, 4) is 0 Å². The molecule has 0 saturated carbocycles.